The third kappa shape index (κ3) is 14.4. The fraction of sp³-hybridized carbons (Fsp3) is 0. The molecular weight excluding hydrogens is 1780 g/mol. The quantitative estimate of drug-likeness (QED) is 0.114. The highest BCUT2D eigenvalue weighted by Crippen LogP contribution is 2.52. The van der Waals surface area contributed by atoms with Gasteiger partial charge in [-0.3, -0.25) is 0 Å². The lowest BCUT2D eigenvalue weighted by Gasteiger charge is -2.14. The summed E-state index contributed by atoms with van der Waals surface area (Å²) in [7, 11) is 0. The summed E-state index contributed by atoms with van der Waals surface area (Å²) in [6.07, 6.45) is 0. The Hall–Kier alpha value is -18.1. The first kappa shape index (κ1) is 82.4. The summed E-state index contributed by atoms with van der Waals surface area (Å²) in [5.74, 6) is 4.52. The summed E-state index contributed by atoms with van der Waals surface area (Å²) in [6, 6.07) is 158. The van der Waals surface area contributed by atoms with Gasteiger partial charge in [-0.2, -0.15) is 0 Å². The Morgan fingerprint density at radius 1 is 0.128 bits per heavy atom. The second kappa shape index (κ2) is 34.6. The van der Waals surface area contributed by atoms with Crippen LogP contribution >= 0.6 is 34.0 Å². The smallest absolute Gasteiger partial charge is 0.164 e. The fourth-order valence-corrected chi connectivity index (χ4v) is 24.2. The lowest BCUT2D eigenvalue weighted by Crippen LogP contribution is -2.00. The van der Waals surface area contributed by atoms with Gasteiger partial charge in [0, 0.05) is 165 Å². The van der Waals surface area contributed by atoms with Crippen molar-refractivity contribution in [3.05, 3.63) is 455 Å². The van der Waals surface area contributed by atoms with Crippen LogP contribution in [0, 0.1) is 0 Å². The Balaban J connectivity index is 0.000000106. The van der Waals surface area contributed by atoms with E-state index in [1.54, 1.807) is 0 Å². The fourth-order valence-electron chi connectivity index (χ4n) is 20.4. The maximum absolute atomic E-state index is 5.54. The molecule has 0 saturated carbocycles. The second-order valence-corrected chi connectivity index (χ2v) is 38.3. The summed E-state index contributed by atoms with van der Waals surface area (Å²) in [5.41, 5.74) is 17.2. The number of hydrogen-bond acceptors (Lipinski definition) is 14. The monoisotopic (exact) mass is 1850 g/mol. The number of rotatable bonds is 11. The molecule has 656 valence electrons. The van der Waals surface area contributed by atoms with Crippen molar-refractivity contribution in [2.45, 2.75) is 0 Å². The van der Waals surface area contributed by atoms with Gasteiger partial charge < -0.3 is 0 Å². The highest BCUT2D eigenvalue weighted by molar-refractivity contribution is 7.28. The molecule has 29 aromatic rings. The Morgan fingerprint density at radius 2 is 0.355 bits per heavy atom. The Kier molecular flexibility index (Phi) is 20.2. The van der Waals surface area contributed by atoms with Gasteiger partial charge in [0.05, 0.1) is 45.0 Å². The van der Waals surface area contributed by atoms with Crippen LogP contribution in [0.25, 0.3) is 283 Å². The van der Waals surface area contributed by atoms with E-state index in [4.69, 9.17) is 54.8 Å². The van der Waals surface area contributed by atoms with Gasteiger partial charge in [0.1, 0.15) is 0 Å². The van der Waals surface area contributed by atoms with Crippen molar-refractivity contribution in [3.63, 3.8) is 0 Å². The van der Waals surface area contributed by atoms with E-state index in [0.29, 0.717) is 40.8 Å². The van der Waals surface area contributed by atoms with E-state index in [1.165, 1.54) is 114 Å². The van der Waals surface area contributed by atoms with Crippen molar-refractivity contribution >= 4 is 192 Å². The third-order valence-corrected chi connectivity index (χ3v) is 30.4. The molecule has 0 spiro atoms. The molecule has 141 heavy (non-hydrogen) atoms. The topological polar surface area (TPSA) is 142 Å². The molecular formula is C127H75N11S3. The SMILES string of the molecule is c1ccc(-c2cc(-c3nc4c5ccccc5c5c6ccccc6sc5c4c4ccccc34)nc(-c3ccccc3)n2)cc1.c1ccc(-c2nc(-c3ccccc3)nc(-c3ccc(-c4nc5c6ccccc6c6c7ccccc7sc6c5c5ccccc45)cc3)n2)cc1.c1ccc(-c2nc(-c3ccccc3)nc(-c3cccc(-c4nc5c6ccccc6c6c7ccccc7sc6c5c5ccccc45)c3)n2)cc1. The minimum atomic E-state index is 0.622. The van der Waals surface area contributed by atoms with Crippen molar-refractivity contribution in [1.29, 1.82) is 0 Å². The van der Waals surface area contributed by atoms with Crippen LogP contribution in [0.4, 0.5) is 0 Å². The number of hydrogen-bond donors (Lipinski definition) is 0. The number of benzene rings is 20. The average molecular weight is 1850 g/mol. The maximum atomic E-state index is 5.54. The minimum absolute atomic E-state index is 0.622. The molecule has 11 nitrogen and oxygen atoms in total. The zero-order chi connectivity index (χ0) is 93.0. The molecule has 0 aliphatic carbocycles. The predicted octanol–water partition coefficient (Wildman–Crippen LogP) is 34.2. The number of thiophene rings is 3. The van der Waals surface area contributed by atoms with Crippen LogP contribution in [0.1, 0.15) is 0 Å². The van der Waals surface area contributed by atoms with Gasteiger partial charge in [-0.1, -0.05) is 425 Å². The summed E-state index contributed by atoms with van der Waals surface area (Å²) in [4.78, 5) is 56.4. The third-order valence-electron chi connectivity index (χ3n) is 26.8. The lowest BCUT2D eigenvalue weighted by molar-refractivity contribution is 1.07. The molecule has 20 aromatic carbocycles. The zero-order valence-electron chi connectivity index (χ0n) is 75.4. The van der Waals surface area contributed by atoms with Gasteiger partial charge in [-0.15, -0.1) is 34.0 Å². The Morgan fingerprint density at radius 3 is 0.702 bits per heavy atom. The molecule has 0 saturated heterocycles. The number of nitrogens with zero attached hydrogens (tertiary/aromatic N) is 11. The number of pyridine rings is 3. The molecule has 0 amide bonds. The second-order valence-electron chi connectivity index (χ2n) is 35.2. The molecule has 9 aromatic heterocycles. The van der Waals surface area contributed by atoms with Crippen LogP contribution in [-0.4, -0.2) is 54.8 Å². The van der Waals surface area contributed by atoms with E-state index in [9.17, 15) is 0 Å². The molecule has 0 bridgehead atoms. The van der Waals surface area contributed by atoms with E-state index in [-0.39, 0.29) is 0 Å². The summed E-state index contributed by atoms with van der Waals surface area (Å²) >= 11 is 5.58. The van der Waals surface area contributed by atoms with Crippen molar-refractivity contribution < 1.29 is 0 Å². The first-order valence-corrected chi connectivity index (χ1v) is 49.5. The first-order chi connectivity index (χ1) is 69.9. The van der Waals surface area contributed by atoms with E-state index in [1.807, 2.05) is 192 Å². The van der Waals surface area contributed by atoms with E-state index >= 15 is 0 Å². The van der Waals surface area contributed by atoms with Crippen LogP contribution in [-0.2, 0) is 0 Å². The molecule has 0 N–H and O–H groups in total. The van der Waals surface area contributed by atoms with Crippen molar-refractivity contribution in [2.75, 3.05) is 0 Å². The van der Waals surface area contributed by atoms with Gasteiger partial charge in [0.25, 0.3) is 0 Å². The van der Waals surface area contributed by atoms with Crippen LogP contribution in [0.5, 0.6) is 0 Å². The van der Waals surface area contributed by atoms with E-state index in [2.05, 4.69) is 297 Å². The zero-order valence-corrected chi connectivity index (χ0v) is 77.9. The highest BCUT2D eigenvalue weighted by atomic mass is 32.1. The lowest BCUT2D eigenvalue weighted by atomic mass is 9.94. The summed E-state index contributed by atoms with van der Waals surface area (Å²) in [5, 5.41) is 25.6. The minimum Gasteiger partial charge on any atom is -0.246 e. The van der Waals surface area contributed by atoms with Crippen LogP contribution in [0.15, 0.2) is 455 Å². The summed E-state index contributed by atoms with van der Waals surface area (Å²) in [6.45, 7) is 0. The molecule has 0 unspecified atom stereocenters. The van der Waals surface area contributed by atoms with Crippen LogP contribution < -0.4 is 0 Å². The Labute approximate surface area is 820 Å². The maximum Gasteiger partial charge on any atom is 0.164 e. The van der Waals surface area contributed by atoms with E-state index in [0.717, 1.165) is 128 Å². The molecule has 9 heterocycles. The van der Waals surface area contributed by atoms with Crippen molar-refractivity contribution in [2.24, 2.45) is 0 Å². The number of aromatic nitrogens is 11. The largest absolute Gasteiger partial charge is 0.246 e. The van der Waals surface area contributed by atoms with Crippen LogP contribution in [0.2, 0.25) is 0 Å². The molecule has 0 aliphatic heterocycles. The molecule has 0 radical (unpaired) electrons. The van der Waals surface area contributed by atoms with Gasteiger partial charge in [-0.25, -0.2) is 54.8 Å². The van der Waals surface area contributed by atoms with Crippen LogP contribution in [0.3, 0.4) is 0 Å². The highest BCUT2D eigenvalue weighted by Gasteiger charge is 2.27. The van der Waals surface area contributed by atoms with Crippen molar-refractivity contribution in [3.8, 4) is 125 Å². The molecule has 0 atom stereocenters. The number of fused-ring (bicyclic) bond motifs is 30. The van der Waals surface area contributed by atoms with Gasteiger partial charge >= 0.3 is 0 Å². The molecule has 0 aliphatic rings. The molecule has 29 rings (SSSR count). The summed E-state index contributed by atoms with van der Waals surface area (Å²) < 4.78 is 7.73. The van der Waals surface area contributed by atoms with Gasteiger partial charge in [-0.05, 0) is 62.6 Å². The predicted molar refractivity (Wildman–Crippen MR) is 591 cm³/mol. The van der Waals surface area contributed by atoms with Crippen molar-refractivity contribution in [1.82, 2.24) is 54.8 Å². The average Bonchev–Trinajstić information content (AvgIpc) is 1.56. The van der Waals surface area contributed by atoms with Gasteiger partial charge in [0.2, 0.25) is 0 Å². The normalized spacial score (nSPS) is 11.7. The standard InChI is InChI=1S/2C44H26N4S.C39H23N3S/c1-3-14-27(15-4-1)42-46-43(28-16-5-2-6-17-28)48-44(47-42)30-19-13-18-29(26-30)39-33-22-9-8-21-32(33)38-40(45-39)34-23-10-7-20-31(34)37-35-24-11-12-25-36(35)49-41(37)38;1-3-13-28(14-4-1)42-46-43(29-15-5-2-6-16-29)48-44(47-42)30-25-23-27(24-26-30)39-33-19-9-8-18-32(33)38-40(45-39)34-20-10-7-17-31(34)37-35-21-11-12-22-36(35)49-41(37)38;1-3-13-24(14-4-1)31-23-32(41-39(40-31)25-15-5-2-6-16-25)36-28-19-9-8-18-27(28)35-37(42-36)29-20-10-7-17-26(29)34-30-21-11-12-22-33(30)43-38(34)35/h2*1-26H;1-23H. The molecule has 14 heteroatoms. The first-order valence-electron chi connectivity index (χ1n) is 47.0. The molecule has 0 fully saturated rings. The van der Waals surface area contributed by atoms with E-state index < -0.39 is 0 Å². The van der Waals surface area contributed by atoms with Gasteiger partial charge in [0.15, 0.2) is 40.8 Å². The Bertz CT molecular complexity index is 9900.